The molecule has 5 nitrogen and oxygen atoms in total. The van der Waals surface area contributed by atoms with Crippen molar-refractivity contribution < 1.29 is 18.4 Å². The molecule has 19 heavy (non-hydrogen) atoms. The van der Waals surface area contributed by atoms with E-state index in [-0.39, 0.29) is 11.6 Å². The highest BCUT2D eigenvalue weighted by Gasteiger charge is 2.26. The van der Waals surface area contributed by atoms with Crippen LogP contribution in [-0.4, -0.2) is 11.9 Å². The Morgan fingerprint density at radius 1 is 1.32 bits per heavy atom. The average Bonchev–Trinajstić information content (AvgIpc) is 3.04. The third kappa shape index (κ3) is 2.43. The Hall–Kier alpha value is -1.60. The summed E-state index contributed by atoms with van der Waals surface area (Å²) in [5.74, 6) is 0.481. The van der Waals surface area contributed by atoms with Crippen LogP contribution in [-0.2, 0) is 9.53 Å². The number of nitrogens with zero attached hydrogens (tertiary/aromatic N) is 1. The zero-order chi connectivity index (χ0) is 13.4. The van der Waals surface area contributed by atoms with Gasteiger partial charge in [0, 0.05) is 6.08 Å². The largest absolute Gasteiger partial charge is 0.459 e. The molecule has 0 N–H and O–H groups in total. The SMILES string of the molecule is O=C1OC(c2ccco2)=N/C1=C\c1cc(Br)c(Br)o1. The number of carbonyl (C=O) groups is 1. The van der Waals surface area contributed by atoms with E-state index in [9.17, 15) is 4.79 Å². The third-order valence-corrected chi connectivity index (χ3v) is 4.01. The lowest BCUT2D eigenvalue weighted by molar-refractivity contribution is -0.130. The first kappa shape index (κ1) is 12.4. The summed E-state index contributed by atoms with van der Waals surface area (Å²) in [6, 6.07) is 5.06. The van der Waals surface area contributed by atoms with Crippen molar-refractivity contribution in [3.05, 3.63) is 50.8 Å². The molecule has 0 amide bonds. The van der Waals surface area contributed by atoms with E-state index in [0.717, 1.165) is 4.47 Å². The number of halogens is 2. The van der Waals surface area contributed by atoms with Crippen LogP contribution in [0.5, 0.6) is 0 Å². The predicted octanol–water partition coefficient (Wildman–Crippen LogP) is 3.74. The van der Waals surface area contributed by atoms with E-state index >= 15 is 0 Å². The highest BCUT2D eigenvalue weighted by molar-refractivity contribution is 9.13. The van der Waals surface area contributed by atoms with Crippen molar-refractivity contribution in [3.63, 3.8) is 0 Å². The molecule has 0 saturated heterocycles. The van der Waals surface area contributed by atoms with Crippen molar-refractivity contribution >= 4 is 49.8 Å². The Labute approximate surface area is 124 Å². The molecule has 1 aliphatic rings. The zero-order valence-electron chi connectivity index (χ0n) is 9.22. The Morgan fingerprint density at radius 3 is 2.79 bits per heavy atom. The van der Waals surface area contributed by atoms with Crippen molar-refractivity contribution in [1.29, 1.82) is 0 Å². The first-order chi connectivity index (χ1) is 9.13. The van der Waals surface area contributed by atoms with Crippen LogP contribution in [0, 0.1) is 0 Å². The Morgan fingerprint density at radius 2 is 2.16 bits per heavy atom. The van der Waals surface area contributed by atoms with E-state index < -0.39 is 5.97 Å². The highest BCUT2D eigenvalue weighted by atomic mass is 79.9. The molecule has 0 saturated carbocycles. The van der Waals surface area contributed by atoms with E-state index in [1.54, 1.807) is 18.2 Å². The van der Waals surface area contributed by atoms with Gasteiger partial charge in [-0.05, 0) is 50.1 Å². The summed E-state index contributed by atoms with van der Waals surface area (Å²) in [7, 11) is 0. The lowest BCUT2D eigenvalue weighted by atomic mass is 10.3. The van der Waals surface area contributed by atoms with Crippen molar-refractivity contribution in [3.8, 4) is 0 Å². The average molecular weight is 387 g/mol. The monoisotopic (exact) mass is 385 g/mol. The molecule has 0 bridgehead atoms. The first-order valence-electron chi connectivity index (χ1n) is 5.15. The maximum absolute atomic E-state index is 11.7. The van der Waals surface area contributed by atoms with Gasteiger partial charge >= 0.3 is 5.97 Å². The quantitative estimate of drug-likeness (QED) is 0.582. The van der Waals surface area contributed by atoms with Gasteiger partial charge in [-0.3, -0.25) is 0 Å². The van der Waals surface area contributed by atoms with Gasteiger partial charge in [0.15, 0.2) is 16.1 Å². The summed E-state index contributed by atoms with van der Waals surface area (Å²) in [5.41, 5.74) is 0.153. The number of hydrogen-bond donors (Lipinski definition) is 0. The molecule has 0 aromatic carbocycles. The standard InChI is InChI=1S/C12H5Br2NO4/c13-7-4-6(18-10(7)14)5-8-12(16)19-11(15-8)9-2-1-3-17-9/h1-5H/b8-5-. The van der Waals surface area contributed by atoms with Gasteiger partial charge in [0.1, 0.15) is 5.76 Å². The second-order valence-electron chi connectivity index (χ2n) is 3.58. The Kier molecular flexibility index (Phi) is 3.16. The summed E-state index contributed by atoms with van der Waals surface area (Å²) in [6.45, 7) is 0. The molecule has 2 aromatic rings. The summed E-state index contributed by atoms with van der Waals surface area (Å²) >= 11 is 6.50. The van der Waals surface area contributed by atoms with Gasteiger partial charge in [0.05, 0.1) is 10.7 Å². The summed E-state index contributed by atoms with van der Waals surface area (Å²) in [6.07, 6.45) is 2.97. The maximum atomic E-state index is 11.7. The van der Waals surface area contributed by atoms with Crippen LogP contribution in [0.15, 0.2) is 53.1 Å². The lowest BCUT2D eigenvalue weighted by Gasteiger charge is -1.91. The fourth-order valence-corrected chi connectivity index (χ4v) is 2.09. The Bertz CT molecular complexity index is 678. The van der Waals surface area contributed by atoms with Crippen LogP contribution in [0.3, 0.4) is 0 Å². The molecule has 3 heterocycles. The number of cyclic esters (lactones) is 1. The highest BCUT2D eigenvalue weighted by Crippen LogP contribution is 2.29. The maximum Gasteiger partial charge on any atom is 0.364 e. The van der Waals surface area contributed by atoms with Crippen molar-refractivity contribution in [1.82, 2.24) is 0 Å². The van der Waals surface area contributed by atoms with Gasteiger partial charge in [0.25, 0.3) is 5.90 Å². The molecular weight excluding hydrogens is 382 g/mol. The molecule has 7 heteroatoms. The molecule has 1 aliphatic heterocycles. The van der Waals surface area contributed by atoms with Crippen LogP contribution in [0.4, 0.5) is 0 Å². The van der Waals surface area contributed by atoms with E-state index in [4.69, 9.17) is 13.6 Å². The number of esters is 1. The number of rotatable bonds is 2. The van der Waals surface area contributed by atoms with E-state index in [1.807, 2.05) is 0 Å². The van der Waals surface area contributed by atoms with Gasteiger partial charge < -0.3 is 13.6 Å². The predicted molar refractivity (Wildman–Crippen MR) is 73.4 cm³/mol. The molecule has 0 aliphatic carbocycles. The van der Waals surface area contributed by atoms with Crippen LogP contribution in [0.1, 0.15) is 11.5 Å². The minimum Gasteiger partial charge on any atom is -0.459 e. The third-order valence-electron chi connectivity index (χ3n) is 2.30. The fraction of sp³-hybridized carbons (Fsp3) is 0. The lowest BCUT2D eigenvalue weighted by Crippen LogP contribution is -2.04. The van der Waals surface area contributed by atoms with Gasteiger partial charge in [0.2, 0.25) is 0 Å². The molecule has 0 radical (unpaired) electrons. The molecule has 2 aromatic heterocycles. The topological polar surface area (TPSA) is 64.9 Å². The summed E-state index contributed by atoms with van der Waals surface area (Å²) < 4.78 is 16.8. The van der Waals surface area contributed by atoms with Crippen molar-refractivity contribution in [2.45, 2.75) is 0 Å². The van der Waals surface area contributed by atoms with Gasteiger partial charge in [-0.1, -0.05) is 0 Å². The molecule has 0 atom stereocenters. The van der Waals surface area contributed by atoms with E-state index in [2.05, 4.69) is 36.9 Å². The first-order valence-corrected chi connectivity index (χ1v) is 6.73. The van der Waals surface area contributed by atoms with Crippen LogP contribution in [0.2, 0.25) is 0 Å². The van der Waals surface area contributed by atoms with E-state index in [0.29, 0.717) is 16.2 Å². The smallest absolute Gasteiger partial charge is 0.364 e. The van der Waals surface area contributed by atoms with Crippen molar-refractivity contribution in [2.24, 2.45) is 4.99 Å². The number of carbonyl (C=O) groups excluding carboxylic acids is 1. The number of ether oxygens (including phenoxy) is 1. The fourth-order valence-electron chi connectivity index (χ4n) is 1.48. The minimum atomic E-state index is -0.546. The molecule has 0 unspecified atom stereocenters. The number of aliphatic imine (C=N–C) groups is 1. The van der Waals surface area contributed by atoms with E-state index in [1.165, 1.54) is 12.3 Å². The van der Waals surface area contributed by atoms with Crippen LogP contribution in [0.25, 0.3) is 6.08 Å². The number of furan rings is 2. The minimum absolute atomic E-state index is 0.144. The molecule has 3 rings (SSSR count). The summed E-state index contributed by atoms with van der Waals surface area (Å²) in [5, 5.41) is 0. The van der Waals surface area contributed by atoms with Crippen LogP contribution < -0.4 is 0 Å². The molecule has 0 spiro atoms. The second kappa shape index (κ2) is 4.82. The Balaban J connectivity index is 1.94. The molecular formula is C12H5Br2NO4. The normalized spacial score (nSPS) is 16.8. The molecule has 96 valence electrons. The second-order valence-corrected chi connectivity index (χ2v) is 5.16. The van der Waals surface area contributed by atoms with Crippen LogP contribution >= 0.6 is 31.9 Å². The molecule has 0 fully saturated rings. The summed E-state index contributed by atoms with van der Waals surface area (Å²) in [4.78, 5) is 15.7. The van der Waals surface area contributed by atoms with Gasteiger partial charge in [-0.15, -0.1) is 0 Å². The van der Waals surface area contributed by atoms with Gasteiger partial charge in [-0.2, -0.15) is 0 Å². The number of hydrogen-bond acceptors (Lipinski definition) is 5. The zero-order valence-corrected chi connectivity index (χ0v) is 12.4. The van der Waals surface area contributed by atoms with Crippen molar-refractivity contribution in [2.75, 3.05) is 0 Å². The van der Waals surface area contributed by atoms with Gasteiger partial charge in [-0.25, -0.2) is 9.79 Å².